The van der Waals surface area contributed by atoms with Gasteiger partial charge < -0.3 is 5.73 Å². The van der Waals surface area contributed by atoms with Crippen molar-refractivity contribution in [2.75, 3.05) is 6.54 Å². The van der Waals surface area contributed by atoms with Crippen LogP contribution in [0.15, 0.2) is 0 Å². The van der Waals surface area contributed by atoms with Gasteiger partial charge in [0.05, 0.1) is 0 Å². The molecule has 0 aliphatic rings. The number of hydrogen-bond donors (Lipinski definition) is 1. The van der Waals surface area contributed by atoms with E-state index in [0.717, 1.165) is 19.4 Å². The predicted molar refractivity (Wildman–Crippen MR) is 52.8 cm³/mol. The molecule has 0 aromatic heterocycles. The van der Waals surface area contributed by atoms with Gasteiger partial charge in [0.2, 0.25) is 0 Å². The molecule has 0 aromatic rings. The van der Waals surface area contributed by atoms with Crippen molar-refractivity contribution >= 4 is 12.4 Å². The first-order valence-electron chi connectivity index (χ1n) is 4.05. The third-order valence-electron chi connectivity index (χ3n) is 1.53. The third-order valence-corrected chi connectivity index (χ3v) is 1.53. The molecule has 0 spiro atoms. The molecule has 66 valence electrons. The van der Waals surface area contributed by atoms with E-state index in [0.29, 0.717) is 0 Å². The van der Waals surface area contributed by atoms with Crippen LogP contribution in [-0.2, 0) is 0 Å². The van der Waals surface area contributed by atoms with Crippen molar-refractivity contribution in [2.24, 2.45) is 5.73 Å². The van der Waals surface area contributed by atoms with Gasteiger partial charge in [-0.2, -0.15) is 0 Å². The minimum Gasteiger partial charge on any atom is -0.330 e. The number of nitrogens with two attached hydrogens (primary N) is 1. The van der Waals surface area contributed by atoms with Crippen LogP contribution in [0, 0.1) is 12.3 Å². The summed E-state index contributed by atoms with van der Waals surface area (Å²) in [6, 6.07) is 0. The average molecular weight is 176 g/mol. The standard InChI is InChI=1S/C9H17N.ClH/c1-2-3-4-5-6-7-8-9-10;/h1H,3-10H2;1H. The van der Waals surface area contributed by atoms with Gasteiger partial charge in [-0.25, -0.2) is 0 Å². The molecular weight excluding hydrogens is 158 g/mol. The molecule has 0 aliphatic carbocycles. The zero-order valence-electron chi connectivity index (χ0n) is 7.01. The molecule has 1 nitrogen and oxygen atoms in total. The molecule has 0 fully saturated rings. The van der Waals surface area contributed by atoms with E-state index in [9.17, 15) is 0 Å². The van der Waals surface area contributed by atoms with Crippen molar-refractivity contribution in [3.05, 3.63) is 0 Å². The van der Waals surface area contributed by atoms with Crippen molar-refractivity contribution in [2.45, 2.75) is 38.5 Å². The number of halogens is 1. The van der Waals surface area contributed by atoms with E-state index in [1.807, 2.05) is 0 Å². The van der Waals surface area contributed by atoms with Crippen LogP contribution < -0.4 is 5.73 Å². The summed E-state index contributed by atoms with van der Waals surface area (Å²) in [4.78, 5) is 0. The Hall–Kier alpha value is -0.190. The van der Waals surface area contributed by atoms with Gasteiger partial charge >= 0.3 is 0 Å². The van der Waals surface area contributed by atoms with Crippen LogP contribution in [-0.4, -0.2) is 6.54 Å². The molecular formula is C9H18ClN. The fraction of sp³-hybridized carbons (Fsp3) is 0.778. The Morgan fingerprint density at radius 1 is 1.00 bits per heavy atom. The highest BCUT2D eigenvalue weighted by Gasteiger charge is 1.86. The van der Waals surface area contributed by atoms with Gasteiger partial charge in [0.15, 0.2) is 0 Å². The quantitative estimate of drug-likeness (QED) is 0.487. The summed E-state index contributed by atoms with van der Waals surface area (Å²) in [5, 5.41) is 0. The van der Waals surface area contributed by atoms with Crippen LogP contribution in [0.1, 0.15) is 38.5 Å². The molecule has 0 atom stereocenters. The zero-order valence-corrected chi connectivity index (χ0v) is 7.83. The van der Waals surface area contributed by atoms with E-state index < -0.39 is 0 Å². The molecule has 2 heteroatoms. The maximum absolute atomic E-state index is 5.34. The molecule has 0 aliphatic heterocycles. The molecule has 0 radical (unpaired) electrons. The Morgan fingerprint density at radius 3 is 2.09 bits per heavy atom. The molecule has 0 saturated heterocycles. The van der Waals surface area contributed by atoms with Gasteiger partial charge in [0, 0.05) is 6.42 Å². The van der Waals surface area contributed by atoms with Gasteiger partial charge in [0.25, 0.3) is 0 Å². The minimum absolute atomic E-state index is 0. The maximum Gasteiger partial charge on any atom is 0.00860 e. The lowest BCUT2D eigenvalue weighted by Crippen LogP contribution is -1.97. The Kier molecular flexibility index (Phi) is 15.2. The molecule has 0 aromatic carbocycles. The number of unbranched alkanes of at least 4 members (excludes halogenated alkanes) is 5. The normalized spacial score (nSPS) is 8.36. The first kappa shape index (κ1) is 13.4. The molecule has 0 saturated carbocycles. The Morgan fingerprint density at radius 2 is 1.55 bits per heavy atom. The van der Waals surface area contributed by atoms with Gasteiger partial charge in [-0.1, -0.05) is 19.3 Å². The number of hydrogen-bond acceptors (Lipinski definition) is 1. The van der Waals surface area contributed by atoms with Gasteiger partial charge in [-0.05, 0) is 19.4 Å². The summed E-state index contributed by atoms with van der Waals surface area (Å²) in [6.07, 6.45) is 12.2. The van der Waals surface area contributed by atoms with Crippen LogP contribution in [0.25, 0.3) is 0 Å². The fourth-order valence-corrected chi connectivity index (χ4v) is 0.902. The summed E-state index contributed by atoms with van der Waals surface area (Å²) < 4.78 is 0. The Balaban J connectivity index is 0. The van der Waals surface area contributed by atoms with Gasteiger partial charge in [0.1, 0.15) is 0 Å². The lowest BCUT2D eigenvalue weighted by atomic mass is 10.1. The van der Waals surface area contributed by atoms with Crippen LogP contribution in [0.4, 0.5) is 0 Å². The maximum atomic E-state index is 5.34. The topological polar surface area (TPSA) is 26.0 Å². The van der Waals surface area contributed by atoms with Crippen molar-refractivity contribution in [1.29, 1.82) is 0 Å². The molecule has 11 heavy (non-hydrogen) atoms. The minimum atomic E-state index is 0. The van der Waals surface area contributed by atoms with E-state index in [1.165, 1.54) is 25.7 Å². The highest BCUT2D eigenvalue weighted by molar-refractivity contribution is 5.85. The smallest absolute Gasteiger partial charge is 0.00860 e. The molecule has 0 amide bonds. The third kappa shape index (κ3) is 12.9. The second-order valence-electron chi connectivity index (χ2n) is 2.51. The molecule has 0 bridgehead atoms. The van der Waals surface area contributed by atoms with Crippen molar-refractivity contribution in [3.63, 3.8) is 0 Å². The zero-order chi connectivity index (χ0) is 7.66. The SMILES string of the molecule is C#CCCCCCCCN.Cl. The predicted octanol–water partition coefficient (Wildman–Crippen LogP) is 2.34. The summed E-state index contributed by atoms with van der Waals surface area (Å²) >= 11 is 0. The van der Waals surface area contributed by atoms with E-state index in [4.69, 9.17) is 12.2 Å². The first-order valence-corrected chi connectivity index (χ1v) is 4.05. The van der Waals surface area contributed by atoms with E-state index in [-0.39, 0.29) is 12.4 Å². The van der Waals surface area contributed by atoms with Crippen LogP contribution in [0.5, 0.6) is 0 Å². The lowest BCUT2D eigenvalue weighted by molar-refractivity contribution is 0.625. The van der Waals surface area contributed by atoms with Gasteiger partial charge in [-0.3, -0.25) is 0 Å². The largest absolute Gasteiger partial charge is 0.330 e. The first-order chi connectivity index (χ1) is 4.91. The van der Waals surface area contributed by atoms with Gasteiger partial charge in [-0.15, -0.1) is 24.8 Å². The van der Waals surface area contributed by atoms with E-state index in [2.05, 4.69) is 5.92 Å². The summed E-state index contributed by atoms with van der Waals surface area (Å²) in [5.41, 5.74) is 5.34. The molecule has 0 unspecified atom stereocenters. The summed E-state index contributed by atoms with van der Waals surface area (Å²) in [7, 11) is 0. The number of rotatable bonds is 6. The second kappa shape index (κ2) is 12.5. The fourth-order valence-electron chi connectivity index (χ4n) is 0.902. The molecule has 2 N–H and O–H groups in total. The monoisotopic (exact) mass is 175 g/mol. The molecule has 0 rings (SSSR count). The second-order valence-corrected chi connectivity index (χ2v) is 2.51. The van der Waals surface area contributed by atoms with Crippen molar-refractivity contribution < 1.29 is 0 Å². The van der Waals surface area contributed by atoms with Crippen LogP contribution >= 0.6 is 12.4 Å². The van der Waals surface area contributed by atoms with Crippen molar-refractivity contribution in [3.8, 4) is 12.3 Å². The highest BCUT2D eigenvalue weighted by Crippen LogP contribution is 2.03. The summed E-state index contributed by atoms with van der Waals surface area (Å²) in [5.74, 6) is 2.63. The lowest BCUT2D eigenvalue weighted by Gasteiger charge is -1.96. The van der Waals surface area contributed by atoms with Crippen LogP contribution in [0.2, 0.25) is 0 Å². The van der Waals surface area contributed by atoms with E-state index in [1.54, 1.807) is 0 Å². The van der Waals surface area contributed by atoms with Crippen molar-refractivity contribution in [1.82, 2.24) is 0 Å². The average Bonchev–Trinajstić information content (AvgIpc) is 1.97. The number of terminal acetylenes is 1. The highest BCUT2D eigenvalue weighted by atomic mass is 35.5. The Bertz CT molecular complexity index is 96.2. The van der Waals surface area contributed by atoms with E-state index >= 15 is 0 Å². The summed E-state index contributed by atoms with van der Waals surface area (Å²) in [6.45, 7) is 0.829. The molecule has 0 heterocycles. The Labute approximate surface area is 76.2 Å². The van der Waals surface area contributed by atoms with Crippen LogP contribution in [0.3, 0.4) is 0 Å².